The number of carbonyl (C=O) groups excluding carboxylic acids is 2. The van der Waals surface area contributed by atoms with Gasteiger partial charge >= 0.3 is 0 Å². The number of nitrogens with one attached hydrogen (secondary N) is 2. The van der Waals surface area contributed by atoms with Crippen LogP contribution in [0.2, 0.25) is 0 Å². The molecule has 3 fully saturated rings. The van der Waals surface area contributed by atoms with Gasteiger partial charge < -0.3 is 20.3 Å². The second kappa shape index (κ2) is 5.09. The van der Waals surface area contributed by atoms with Crippen LogP contribution < -0.4 is 10.6 Å². The molecule has 0 unspecified atom stereocenters. The lowest BCUT2D eigenvalue weighted by molar-refractivity contribution is -0.152. The number of fused-ring (bicyclic) bond motifs is 1. The molecular weight excluding hydrogens is 246 g/mol. The van der Waals surface area contributed by atoms with E-state index in [0.29, 0.717) is 45.1 Å². The average Bonchev–Trinajstić information content (AvgIpc) is 2.75. The molecule has 3 rings (SSSR count). The molecule has 0 bridgehead atoms. The summed E-state index contributed by atoms with van der Waals surface area (Å²) in [7, 11) is 0. The highest BCUT2D eigenvalue weighted by atomic mass is 16.5. The van der Waals surface area contributed by atoms with Crippen LogP contribution in [0.15, 0.2) is 0 Å². The molecule has 0 aromatic carbocycles. The summed E-state index contributed by atoms with van der Waals surface area (Å²) in [5, 5.41) is 6.15. The van der Waals surface area contributed by atoms with E-state index in [1.54, 1.807) is 0 Å². The van der Waals surface area contributed by atoms with Gasteiger partial charge in [-0.3, -0.25) is 9.59 Å². The zero-order chi connectivity index (χ0) is 13.3. The van der Waals surface area contributed by atoms with E-state index in [1.807, 2.05) is 4.90 Å². The molecule has 0 spiro atoms. The van der Waals surface area contributed by atoms with E-state index >= 15 is 0 Å². The Bertz CT molecular complexity index is 387. The summed E-state index contributed by atoms with van der Waals surface area (Å²) in [6, 6.07) is 0. The van der Waals surface area contributed by atoms with Crippen molar-refractivity contribution >= 4 is 11.8 Å². The minimum Gasteiger partial charge on any atom is -0.380 e. The van der Waals surface area contributed by atoms with E-state index in [1.165, 1.54) is 0 Å². The maximum Gasteiger partial charge on any atom is 0.232 e. The van der Waals surface area contributed by atoms with Gasteiger partial charge in [0.15, 0.2) is 0 Å². The van der Waals surface area contributed by atoms with Gasteiger partial charge in [-0.05, 0) is 18.9 Å². The fourth-order valence-corrected chi connectivity index (χ4v) is 3.43. The third-order valence-corrected chi connectivity index (χ3v) is 4.61. The highest BCUT2D eigenvalue weighted by Gasteiger charge is 2.52. The van der Waals surface area contributed by atoms with Crippen LogP contribution in [0.3, 0.4) is 0 Å². The average molecular weight is 267 g/mol. The molecule has 19 heavy (non-hydrogen) atoms. The van der Waals surface area contributed by atoms with Crippen LogP contribution in [-0.4, -0.2) is 62.7 Å². The lowest BCUT2D eigenvalue weighted by Gasteiger charge is -2.40. The predicted octanol–water partition coefficient (Wildman–Crippen LogP) is -1.04. The van der Waals surface area contributed by atoms with Crippen molar-refractivity contribution in [3.05, 3.63) is 0 Å². The van der Waals surface area contributed by atoms with Gasteiger partial charge in [-0.1, -0.05) is 0 Å². The fraction of sp³-hybridized carbons (Fsp3) is 0.846. The number of nitrogens with zero attached hydrogens (tertiary/aromatic N) is 1. The van der Waals surface area contributed by atoms with Crippen LogP contribution in [0.5, 0.6) is 0 Å². The summed E-state index contributed by atoms with van der Waals surface area (Å²) < 4.78 is 5.58. The van der Waals surface area contributed by atoms with Crippen molar-refractivity contribution in [2.24, 2.45) is 11.3 Å². The standard InChI is InChI=1S/C13H21N3O3/c17-11-1-4-16(5-3-15-11)12(18)13-8-14-7-10(13)2-6-19-9-13/h10,14H,1-9H2,(H,15,17)/t10-,13+/m1/s1. The molecule has 2 atom stereocenters. The summed E-state index contributed by atoms with van der Waals surface area (Å²) in [5.74, 6) is 0.577. The van der Waals surface area contributed by atoms with Crippen LogP contribution in [0, 0.1) is 11.3 Å². The van der Waals surface area contributed by atoms with E-state index in [-0.39, 0.29) is 11.8 Å². The van der Waals surface area contributed by atoms with E-state index in [9.17, 15) is 9.59 Å². The predicted molar refractivity (Wildman–Crippen MR) is 68.4 cm³/mol. The Morgan fingerprint density at radius 2 is 2.32 bits per heavy atom. The van der Waals surface area contributed by atoms with Crippen molar-refractivity contribution in [2.45, 2.75) is 12.8 Å². The van der Waals surface area contributed by atoms with E-state index in [0.717, 1.165) is 19.6 Å². The molecule has 0 aromatic rings. The molecule has 0 radical (unpaired) electrons. The van der Waals surface area contributed by atoms with Gasteiger partial charge in [0.2, 0.25) is 11.8 Å². The number of hydrogen-bond acceptors (Lipinski definition) is 4. The summed E-state index contributed by atoms with van der Waals surface area (Å²) in [4.78, 5) is 26.1. The number of amides is 2. The first kappa shape index (κ1) is 12.9. The van der Waals surface area contributed by atoms with Crippen LogP contribution in [-0.2, 0) is 14.3 Å². The fourth-order valence-electron chi connectivity index (χ4n) is 3.43. The maximum absolute atomic E-state index is 12.9. The van der Waals surface area contributed by atoms with Crippen LogP contribution in [0.4, 0.5) is 0 Å². The molecule has 3 aliphatic heterocycles. The first-order valence-electron chi connectivity index (χ1n) is 7.07. The Labute approximate surface area is 112 Å². The Kier molecular flexibility index (Phi) is 3.45. The number of ether oxygens (including phenoxy) is 1. The highest BCUT2D eigenvalue weighted by molar-refractivity contribution is 5.85. The SMILES string of the molecule is O=C1CCN(C(=O)[C@]23CNC[C@H]2CCOC3)CCN1. The minimum atomic E-state index is -0.397. The van der Waals surface area contributed by atoms with Gasteiger partial charge in [0.25, 0.3) is 0 Å². The Morgan fingerprint density at radius 3 is 3.21 bits per heavy atom. The lowest BCUT2D eigenvalue weighted by atomic mass is 9.74. The summed E-state index contributed by atoms with van der Waals surface area (Å²) in [5.41, 5.74) is -0.397. The molecule has 0 saturated carbocycles. The van der Waals surface area contributed by atoms with E-state index in [2.05, 4.69) is 10.6 Å². The second-order valence-electron chi connectivity index (χ2n) is 5.72. The van der Waals surface area contributed by atoms with Crippen molar-refractivity contribution < 1.29 is 14.3 Å². The molecular formula is C13H21N3O3. The first-order chi connectivity index (χ1) is 9.22. The number of rotatable bonds is 1. The molecule has 6 nitrogen and oxygen atoms in total. The zero-order valence-electron chi connectivity index (χ0n) is 11.1. The van der Waals surface area contributed by atoms with Crippen molar-refractivity contribution in [3.8, 4) is 0 Å². The Morgan fingerprint density at radius 1 is 1.42 bits per heavy atom. The monoisotopic (exact) mass is 267 g/mol. The maximum atomic E-state index is 12.9. The van der Waals surface area contributed by atoms with Gasteiger partial charge in [0.05, 0.1) is 12.0 Å². The van der Waals surface area contributed by atoms with Gasteiger partial charge in [-0.25, -0.2) is 0 Å². The third-order valence-electron chi connectivity index (χ3n) is 4.61. The minimum absolute atomic E-state index is 0.0359. The molecule has 3 saturated heterocycles. The summed E-state index contributed by atoms with van der Waals surface area (Å²) in [6.07, 6.45) is 1.35. The zero-order valence-corrected chi connectivity index (χ0v) is 11.1. The number of hydrogen-bond donors (Lipinski definition) is 2. The normalized spacial score (nSPS) is 35.5. The summed E-state index contributed by atoms with van der Waals surface area (Å²) >= 11 is 0. The van der Waals surface area contributed by atoms with Crippen molar-refractivity contribution in [2.75, 3.05) is 45.9 Å². The lowest BCUT2D eigenvalue weighted by Crippen LogP contribution is -2.53. The third kappa shape index (κ3) is 2.23. The molecule has 3 aliphatic rings. The highest BCUT2D eigenvalue weighted by Crippen LogP contribution is 2.39. The van der Waals surface area contributed by atoms with Gasteiger partial charge in [0, 0.05) is 39.2 Å². The van der Waals surface area contributed by atoms with Crippen LogP contribution in [0.25, 0.3) is 0 Å². The van der Waals surface area contributed by atoms with Crippen LogP contribution >= 0.6 is 0 Å². The van der Waals surface area contributed by atoms with Gasteiger partial charge in [0.1, 0.15) is 0 Å². The smallest absolute Gasteiger partial charge is 0.232 e. The molecule has 3 heterocycles. The number of carbonyl (C=O) groups is 2. The van der Waals surface area contributed by atoms with E-state index in [4.69, 9.17) is 4.74 Å². The molecule has 106 valence electrons. The Balaban J connectivity index is 1.76. The van der Waals surface area contributed by atoms with Crippen molar-refractivity contribution in [3.63, 3.8) is 0 Å². The van der Waals surface area contributed by atoms with Crippen molar-refractivity contribution in [1.82, 2.24) is 15.5 Å². The topological polar surface area (TPSA) is 70.7 Å². The quantitative estimate of drug-likeness (QED) is 0.637. The molecule has 6 heteroatoms. The van der Waals surface area contributed by atoms with Gasteiger partial charge in [-0.15, -0.1) is 0 Å². The van der Waals surface area contributed by atoms with E-state index < -0.39 is 5.41 Å². The molecule has 0 aliphatic carbocycles. The van der Waals surface area contributed by atoms with Crippen LogP contribution in [0.1, 0.15) is 12.8 Å². The largest absolute Gasteiger partial charge is 0.380 e. The first-order valence-corrected chi connectivity index (χ1v) is 7.07. The molecule has 2 N–H and O–H groups in total. The summed E-state index contributed by atoms with van der Waals surface area (Å²) in [6.45, 7) is 4.56. The molecule has 2 amide bonds. The second-order valence-corrected chi connectivity index (χ2v) is 5.72. The molecule has 0 aromatic heterocycles. The van der Waals surface area contributed by atoms with Crippen molar-refractivity contribution in [1.29, 1.82) is 0 Å². The Hall–Kier alpha value is -1.14. The van der Waals surface area contributed by atoms with Gasteiger partial charge in [-0.2, -0.15) is 0 Å².